The van der Waals surface area contributed by atoms with Gasteiger partial charge in [-0.3, -0.25) is 4.79 Å². The number of ether oxygens (including phenoxy) is 1. The molecule has 0 fully saturated rings. The van der Waals surface area contributed by atoms with Crippen LogP contribution in [0.1, 0.15) is 12.8 Å². The maximum absolute atomic E-state index is 12.7. The summed E-state index contributed by atoms with van der Waals surface area (Å²) in [7, 11) is 0. The summed E-state index contributed by atoms with van der Waals surface area (Å²) in [4.78, 5) is 22.9. The maximum atomic E-state index is 12.7. The van der Waals surface area contributed by atoms with Gasteiger partial charge in [0, 0.05) is 6.54 Å². The van der Waals surface area contributed by atoms with Crippen molar-refractivity contribution in [3.05, 3.63) is 30.1 Å². The van der Waals surface area contributed by atoms with Crippen molar-refractivity contribution in [3.8, 4) is 5.75 Å². The van der Waals surface area contributed by atoms with Gasteiger partial charge in [-0.15, -0.1) is 0 Å². The van der Waals surface area contributed by atoms with Gasteiger partial charge in [0.15, 0.2) is 0 Å². The Morgan fingerprint density at radius 2 is 2.04 bits per heavy atom. The molecule has 0 unspecified atom stereocenters. The summed E-state index contributed by atoms with van der Waals surface area (Å²) < 4.78 is 18.2. The Kier molecular flexibility index (Phi) is 8.89. The lowest BCUT2D eigenvalue weighted by Crippen LogP contribution is -2.49. The average molecular weight is 343 g/mol. The molecule has 1 aromatic carbocycles. The third-order valence-corrected chi connectivity index (χ3v) is 3.59. The quantitative estimate of drug-likeness (QED) is 0.561. The van der Waals surface area contributed by atoms with Crippen molar-refractivity contribution in [2.45, 2.75) is 18.9 Å². The van der Waals surface area contributed by atoms with Crippen LogP contribution in [0.25, 0.3) is 0 Å². The Labute approximate surface area is 139 Å². The van der Waals surface area contributed by atoms with E-state index in [0.717, 1.165) is 5.75 Å². The monoisotopic (exact) mass is 343 g/mol. The average Bonchev–Trinajstić information content (AvgIpc) is 2.52. The number of nitrogens with two attached hydrogens (primary N) is 1. The molecule has 1 rings (SSSR count). The number of rotatable bonds is 10. The molecule has 1 atom stereocenters. The number of hydrogen-bond acceptors (Lipinski definition) is 4. The van der Waals surface area contributed by atoms with Gasteiger partial charge in [0.25, 0.3) is 0 Å². The van der Waals surface area contributed by atoms with Gasteiger partial charge in [-0.2, -0.15) is 11.8 Å². The van der Waals surface area contributed by atoms with Crippen LogP contribution in [-0.2, 0) is 4.79 Å². The van der Waals surface area contributed by atoms with Gasteiger partial charge in [-0.25, -0.2) is 9.18 Å². The second-order valence-electron chi connectivity index (χ2n) is 4.79. The lowest BCUT2D eigenvalue weighted by molar-refractivity contribution is -0.122. The van der Waals surface area contributed by atoms with Crippen LogP contribution >= 0.6 is 11.8 Å². The van der Waals surface area contributed by atoms with Crippen LogP contribution < -0.4 is 21.1 Å². The number of carbonyl (C=O) groups excluding carboxylic acids is 2. The zero-order chi connectivity index (χ0) is 17.1. The fraction of sp³-hybridized carbons (Fsp3) is 0.467. The first-order valence-electron chi connectivity index (χ1n) is 7.24. The van der Waals surface area contributed by atoms with Crippen molar-refractivity contribution in [1.82, 2.24) is 10.6 Å². The van der Waals surface area contributed by atoms with E-state index in [1.807, 2.05) is 6.26 Å². The van der Waals surface area contributed by atoms with Gasteiger partial charge in [-0.05, 0) is 49.1 Å². The highest BCUT2D eigenvalue weighted by atomic mass is 32.2. The SMILES string of the molecule is CSCC[C@H](NC(N)=O)C(=O)NCCCOc1ccc(F)cc1. The van der Waals surface area contributed by atoms with Gasteiger partial charge < -0.3 is 21.1 Å². The zero-order valence-electron chi connectivity index (χ0n) is 13.0. The maximum Gasteiger partial charge on any atom is 0.312 e. The molecule has 0 saturated heterocycles. The van der Waals surface area contributed by atoms with E-state index in [1.54, 1.807) is 23.9 Å². The van der Waals surface area contributed by atoms with Gasteiger partial charge in [0.2, 0.25) is 5.91 Å². The van der Waals surface area contributed by atoms with Crippen LogP contribution in [0, 0.1) is 5.82 Å². The molecular weight excluding hydrogens is 321 g/mol. The molecule has 0 aliphatic heterocycles. The lowest BCUT2D eigenvalue weighted by atomic mass is 10.2. The molecular formula is C15H22FN3O3S. The van der Waals surface area contributed by atoms with Crippen molar-refractivity contribution in [2.24, 2.45) is 5.73 Å². The highest BCUT2D eigenvalue weighted by Crippen LogP contribution is 2.10. The number of hydrogen-bond donors (Lipinski definition) is 3. The number of carbonyl (C=O) groups is 2. The Morgan fingerprint density at radius 3 is 2.65 bits per heavy atom. The molecule has 23 heavy (non-hydrogen) atoms. The standard InChI is InChI=1S/C15H22FN3O3S/c1-23-10-7-13(19-15(17)21)14(20)18-8-2-9-22-12-5-3-11(16)4-6-12/h3-6,13H,2,7-10H2,1H3,(H,18,20)(H3,17,19,21)/t13-/m0/s1. The van der Waals surface area contributed by atoms with Crippen molar-refractivity contribution in [3.63, 3.8) is 0 Å². The van der Waals surface area contributed by atoms with E-state index in [1.165, 1.54) is 12.1 Å². The van der Waals surface area contributed by atoms with E-state index in [4.69, 9.17) is 10.5 Å². The van der Waals surface area contributed by atoms with E-state index in [-0.39, 0.29) is 11.7 Å². The number of halogens is 1. The summed E-state index contributed by atoms with van der Waals surface area (Å²) in [5.74, 6) is 0.736. The lowest BCUT2D eigenvalue weighted by Gasteiger charge is -2.16. The minimum absolute atomic E-state index is 0.264. The van der Waals surface area contributed by atoms with Crippen molar-refractivity contribution < 1.29 is 18.7 Å². The smallest absolute Gasteiger partial charge is 0.312 e. The van der Waals surface area contributed by atoms with Gasteiger partial charge in [-0.1, -0.05) is 0 Å². The summed E-state index contributed by atoms with van der Waals surface area (Å²) in [6.07, 6.45) is 3.03. The van der Waals surface area contributed by atoms with Crippen molar-refractivity contribution >= 4 is 23.7 Å². The van der Waals surface area contributed by atoms with Crippen molar-refractivity contribution in [1.29, 1.82) is 0 Å². The zero-order valence-corrected chi connectivity index (χ0v) is 13.8. The fourth-order valence-electron chi connectivity index (χ4n) is 1.80. The van der Waals surface area contributed by atoms with Crippen LogP contribution in [0.4, 0.5) is 9.18 Å². The molecule has 0 saturated carbocycles. The number of amides is 3. The first kappa shape index (κ1) is 19.1. The first-order valence-corrected chi connectivity index (χ1v) is 8.63. The van der Waals surface area contributed by atoms with Gasteiger partial charge in [0.05, 0.1) is 6.61 Å². The molecule has 8 heteroatoms. The third kappa shape index (κ3) is 8.29. The highest BCUT2D eigenvalue weighted by molar-refractivity contribution is 7.98. The van der Waals surface area contributed by atoms with E-state index in [2.05, 4.69) is 10.6 Å². The van der Waals surface area contributed by atoms with Gasteiger partial charge >= 0.3 is 6.03 Å². The fourth-order valence-corrected chi connectivity index (χ4v) is 2.28. The first-order chi connectivity index (χ1) is 11.0. The summed E-state index contributed by atoms with van der Waals surface area (Å²) in [6, 6.07) is 4.39. The second kappa shape index (κ2) is 10.7. The topological polar surface area (TPSA) is 93.5 Å². The number of thioether (sulfide) groups is 1. The Morgan fingerprint density at radius 1 is 1.35 bits per heavy atom. The molecule has 128 valence electrons. The van der Waals surface area contributed by atoms with Crippen LogP contribution in [-0.4, -0.2) is 43.1 Å². The molecule has 6 nitrogen and oxygen atoms in total. The van der Waals surface area contributed by atoms with Crippen molar-refractivity contribution in [2.75, 3.05) is 25.2 Å². The normalized spacial score (nSPS) is 11.6. The highest BCUT2D eigenvalue weighted by Gasteiger charge is 2.18. The number of primary amides is 1. The molecule has 0 spiro atoms. The molecule has 0 bridgehead atoms. The molecule has 3 amide bonds. The van der Waals surface area contributed by atoms with Crippen LogP contribution in [0.5, 0.6) is 5.75 Å². The molecule has 0 heterocycles. The summed E-state index contributed by atoms with van der Waals surface area (Å²) in [5.41, 5.74) is 5.07. The minimum atomic E-state index is -0.717. The minimum Gasteiger partial charge on any atom is -0.494 e. The summed E-state index contributed by atoms with van der Waals surface area (Å²) in [5, 5.41) is 5.17. The third-order valence-electron chi connectivity index (χ3n) is 2.95. The van der Waals surface area contributed by atoms with Crippen LogP contribution in [0.15, 0.2) is 24.3 Å². The van der Waals surface area contributed by atoms with E-state index in [0.29, 0.717) is 31.7 Å². The van der Waals surface area contributed by atoms with E-state index >= 15 is 0 Å². The largest absolute Gasteiger partial charge is 0.494 e. The predicted molar refractivity (Wildman–Crippen MR) is 89.0 cm³/mol. The molecule has 0 radical (unpaired) electrons. The number of urea groups is 1. The molecule has 4 N–H and O–H groups in total. The molecule has 0 aromatic heterocycles. The Hall–Kier alpha value is -1.96. The van der Waals surface area contributed by atoms with Crippen LogP contribution in [0.3, 0.4) is 0 Å². The Balaban J connectivity index is 2.25. The second-order valence-corrected chi connectivity index (χ2v) is 5.78. The molecule has 0 aliphatic carbocycles. The van der Waals surface area contributed by atoms with Gasteiger partial charge in [0.1, 0.15) is 17.6 Å². The Bertz CT molecular complexity index is 499. The molecule has 1 aromatic rings. The predicted octanol–water partition coefficient (Wildman–Crippen LogP) is 1.50. The van der Waals surface area contributed by atoms with Crippen LogP contribution in [0.2, 0.25) is 0 Å². The summed E-state index contributed by atoms with van der Waals surface area (Å²) in [6.45, 7) is 0.806. The summed E-state index contributed by atoms with van der Waals surface area (Å²) >= 11 is 1.59. The van der Waals surface area contributed by atoms with E-state index < -0.39 is 12.1 Å². The molecule has 0 aliphatic rings. The number of nitrogens with one attached hydrogen (secondary N) is 2. The number of benzene rings is 1. The van der Waals surface area contributed by atoms with E-state index in [9.17, 15) is 14.0 Å².